The monoisotopic (exact) mass is 223 g/mol. The van der Waals surface area contributed by atoms with E-state index in [4.69, 9.17) is 0 Å². The van der Waals surface area contributed by atoms with Gasteiger partial charge in [0.25, 0.3) is 0 Å². The molecule has 2 heteroatoms. The summed E-state index contributed by atoms with van der Waals surface area (Å²) in [5.41, 5.74) is 1.32. The van der Waals surface area contributed by atoms with E-state index in [-0.39, 0.29) is 6.10 Å². The van der Waals surface area contributed by atoms with E-state index in [0.29, 0.717) is 11.8 Å². The maximum absolute atomic E-state index is 9.65. The molecule has 0 bridgehead atoms. The first-order valence-electron chi connectivity index (χ1n) is 6.25. The Labute approximate surface area is 99.7 Å². The summed E-state index contributed by atoms with van der Waals surface area (Å²) in [7, 11) is 4.23. The highest BCUT2D eigenvalue weighted by Crippen LogP contribution is 2.28. The summed E-state index contributed by atoms with van der Waals surface area (Å²) in [4.78, 5) is 2.23. The van der Waals surface area contributed by atoms with Gasteiger partial charge in [-0.25, -0.2) is 0 Å². The Hall–Kier alpha value is -0.600. The molecule has 0 aromatic rings. The van der Waals surface area contributed by atoms with Crippen molar-refractivity contribution in [1.29, 1.82) is 0 Å². The predicted molar refractivity (Wildman–Crippen MR) is 69.3 cm³/mol. The van der Waals surface area contributed by atoms with E-state index in [2.05, 4.69) is 45.0 Å². The first-order valence-corrected chi connectivity index (χ1v) is 6.25. The van der Waals surface area contributed by atoms with Crippen molar-refractivity contribution in [2.75, 3.05) is 20.6 Å². The summed E-state index contributed by atoms with van der Waals surface area (Å²) >= 11 is 0. The molecule has 1 rings (SSSR count). The smallest absolute Gasteiger partial charge is 0.0761 e. The number of hydrogen-bond acceptors (Lipinski definition) is 2. The largest absolute Gasteiger partial charge is 0.389 e. The molecule has 1 aliphatic carbocycles. The average molecular weight is 223 g/mol. The molecule has 0 saturated heterocycles. The molecule has 1 N–H and O–H groups in total. The molecule has 2 nitrogen and oxygen atoms in total. The molecule has 0 spiro atoms. The Bertz CT molecular complexity index is 268. The van der Waals surface area contributed by atoms with Gasteiger partial charge in [0.05, 0.1) is 6.10 Å². The second-order valence-corrected chi connectivity index (χ2v) is 5.13. The van der Waals surface area contributed by atoms with Gasteiger partial charge in [0.2, 0.25) is 0 Å². The van der Waals surface area contributed by atoms with Crippen LogP contribution < -0.4 is 0 Å². The number of rotatable bonds is 5. The van der Waals surface area contributed by atoms with E-state index in [1.807, 2.05) is 6.08 Å². The van der Waals surface area contributed by atoms with Gasteiger partial charge < -0.3 is 10.0 Å². The van der Waals surface area contributed by atoms with Crippen molar-refractivity contribution in [3.63, 3.8) is 0 Å². The third-order valence-electron chi connectivity index (χ3n) is 3.28. The lowest BCUT2D eigenvalue weighted by Gasteiger charge is -2.28. The Morgan fingerprint density at radius 3 is 2.69 bits per heavy atom. The third kappa shape index (κ3) is 3.76. The van der Waals surface area contributed by atoms with Crippen LogP contribution in [0.1, 0.15) is 26.7 Å². The Morgan fingerprint density at radius 2 is 2.19 bits per heavy atom. The van der Waals surface area contributed by atoms with Crippen LogP contribution in [-0.4, -0.2) is 36.8 Å². The SMILES string of the molecule is CCC(C1=CC(O)CC=C1)[C@@H](C)CN(C)C. The van der Waals surface area contributed by atoms with Gasteiger partial charge in [-0.2, -0.15) is 0 Å². The van der Waals surface area contributed by atoms with E-state index >= 15 is 0 Å². The zero-order chi connectivity index (χ0) is 12.1. The van der Waals surface area contributed by atoms with Crippen molar-refractivity contribution in [3.05, 3.63) is 23.8 Å². The molecule has 2 unspecified atom stereocenters. The Morgan fingerprint density at radius 1 is 1.50 bits per heavy atom. The van der Waals surface area contributed by atoms with Gasteiger partial charge in [-0.05, 0) is 44.3 Å². The summed E-state index contributed by atoms with van der Waals surface area (Å²) in [6.45, 7) is 5.62. The zero-order valence-corrected chi connectivity index (χ0v) is 11.0. The van der Waals surface area contributed by atoms with Crippen LogP contribution in [0.2, 0.25) is 0 Å². The molecule has 1 aliphatic rings. The molecule has 0 aromatic carbocycles. The predicted octanol–water partition coefficient (Wildman–Crippen LogP) is 2.46. The Balaban J connectivity index is 2.69. The standard InChI is InChI=1S/C14H25NO/c1-5-14(11(2)10-15(3)4)12-7-6-8-13(16)9-12/h6-7,9,11,13-14,16H,5,8,10H2,1-4H3/t11-,13?,14?/m0/s1. The summed E-state index contributed by atoms with van der Waals surface area (Å²) in [6, 6.07) is 0. The highest BCUT2D eigenvalue weighted by Gasteiger charge is 2.21. The van der Waals surface area contributed by atoms with Crippen molar-refractivity contribution in [2.24, 2.45) is 11.8 Å². The minimum atomic E-state index is -0.277. The van der Waals surface area contributed by atoms with Gasteiger partial charge in [0, 0.05) is 6.54 Å². The van der Waals surface area contributed by atoms with Crippen LogP contribution in [0.3, 0.4) is 0 Å². The minimum absolute atomic E-state index is 0.277. The van der Waals surface area contributed by atoms with Crippen LogP contribution in [0.15, 0.2) is 23.8 Å². The molecular formula is C14H25NO. The van der Waals surface area contributed by atoms with Crippen LogP contribution in [0, 0.1) is 11.8 Å². The van der Waals surface area contributed by atoms with Crippen molar-refractivity contribution < 1.29 is 5.11 Å². The second-order valence-electron chi connectivity index (χ2n) is 5.13. The van der Waals surface area contributed by atoms with E-state index < -0.39 is 0 Å². The maximum atomic E-state index is 9.65. The van der Waals surface area contributed by atoms with Crippen LogP contribution in [0.25, 0.3) is 0 Å². The fraction of sp³-hybridized carbons (Fsp3) is 0.714. The zero-order valence-electron chi connectivity index (χ0n) is 11.0. The minimum Gasteiger partial charge on any atom is -0.389 e. The maximum Gasteiger partial charge on any atom is 0.0761 e. The molecule has 0 saturated carbocycles. The first kappa shape index (κ1) is 13.5. The number of hydrogen-bond donors (Lipinski definition) is 1. The fourth-order valence-electron chi connectivity index (χ4n) is 2.61. The molecule has 0 aliphatic heterocycles. The number of aliphatic hydroxyl groups excluding tert-OH is 1. The summed E-state index contributed by atoms with van der Waals surface area (Å²) in [5, 5.41) is 9.65. The number of nitrogens with zero attached hydrogens (tertiary/aromatic N) is 1. The lowest BCUT2D eigenvalue weighted by Crippen LogP contribution is -2.27. The lowest BCUT2D eigenvalue weighted by molar-refractivity contribution is 0.220. The first-order chi connectivity index (χ1) is 7.54. The Kier molecular flexibility index (Phi) is 5.23. The summed E-state index contributed by atoms with van der Waals surface area (Å²) in [6.07, 6.45) is 7.93. The van der Waals surface area contributed by atoms with Crippen LogP contribution in [-0.2, 0) is 0 Å². The lowest BCUT2D eigenvalue weighted by atomic mass is 9.82. The third-order valence-corrected chi connectivity index (χ3v) is 3.28. The molecule has 3 atom stereocenters. The van der Waals surface area contributed by atoms with Crippen molar-refractivity contribution >= 4 is 0 Å². The average Bonchev–Trinajstić information content (AvgIpc) is 2.17. The molecule has 0 amide bonds. The fourth-order valence-corrected chi connectivity index (χ4v) is 2.61. The second kappa shape index (κ2) is 6.21. The van der Waals surface area contributed by atoms with Crippen molar-refractivity contribution in [2.45, 2.75) is 32.8 Å². The van der Waals surface area contributed by atoms with Gasteiger partial charge >= 0.3 is 0 Å². The molecule has 0 radical (unpaired) electrons. The summed E-state index contributed by atoms with van der Waals surface area (Å²) < 4.78 is 0. The quantitative estimate of drug-likeness (QED) is 0.774. The van der Waals surface area contributed by atoms with Crippen LogP contribution >= 0.6 is 0 Å². The van der Waals surface area contributed by atoms with Gasteiger partial charge in [-0.1, -0.05) is 32.1 Å². The van der Waals surface area contributed by atoms with Crippen LogP contribution in [0.4, 0.5) is 0 Å². The summed E-state index contributed by atoms with van der Waals surface area (Å²) in [5.74, 6) is 1.19. The highest BCUT2D eigenvalue weighted by atomic mass is 16.3. The molecule has 0 heterocycles. The number of aliphatic hydroxyl groups is 1. The molecule has 0 aromatic heterocycles. The van der Waals surface area contributed by atoms with Crippen LogP contribution in [0.5, 0.6) is 0 Å². The topological polar surface area (TPSA) is 23.5 Å². The van der Waals surface area contributed by atoms with E-state index in [0.717, 1.165) is 19.4 Å². The van der Waals surface area contributed by atoms with Crippen molar-refractivity contribution in [3.8, 4) is 0 Å². The van der Waals surface area contributed by atoms with Gasteiger partial charge in [0.15, 0.2) is 0 Å². The van der Waals surface area contributed by atoms with Gasteiger partial charge in [0.1, 0.15) is 0 Å². The normalized spacial score (nSPS) is 24.4. The van der Waals surface area contributed by atoms with E-state index in [9.17, 15) is 5.11 Å². The number of allylic oxidation sites excluding steroid dienone is 2. The molecule has 92 valence electrons. The molecule has 0 fully saturated rings. The highest BCUT2D eigenvalue weighted by molar-refractivity contribution is 5.27. The van der Waals surface area contributed by atoms with E-state index in [1.165, 1.54) is 5.57 Å². The van der Waals surface area contributed by atoms with Gasteiger partial charge in [-0.3, -0.25) is 0 Å². The van der Waals surface area contributed by atoms with E-state index in [1.54, 1.807) is 0 Å². The van der Waals surface area contributed by atoms with Crippen molar-refractivity contribution in [1.82, 2.24) is 4.90 Å². The molecule has 16 heavy (non-hydrogen) atoms. The van der Waals surface area contributed by atoms with Gasteiger partial charge in [-0.15, -0.1) is 0 Å². The molecular weight excluding hydrogens is 198 g/mol.